The molecule has 0 spiro atoms. The third-order valence-corrected chi connectivity index (χ3v) is 2.99. The average molecular weight is 335 g/mol. The number of aryl methyl sites for hydroxylation is 1. The lowest BCUT2D eigenvalue weighted by Crippen LogP contribution is -2.28. The van der Waals surface area contributed by atoms with Crippen LogP contribution in [0.5, 0.6) is 0 Å². The van der Waals surface area contributed by atoms with Gasteiger partial charge < -0.3 is 5.32 Å². The van der Waals surface area contributed by atoms with Gasteiger partial charge in [-0.25, -0.2) is 4.68 Å². The molecule has 1 aromatic heterocycles. The summed E-state index contributed by atoms with van der Waals surface area (Å²) in [4.78, 5) is 23.0. The van der Waals surface area contributed by atoms with Crippen molar-refractivity contribution in [3.63, 3.8) is 0 Å². The molecule has 0 fully saturated rings. The minimum atomic E-state index is -4.49. The number of nitrogens with one attached hydrogen (secondary N) is 1. The Labute approximate surface area is 135 Å². The standard InChI is InChI=1S/C16H12F3N3O2/c1-22-14(23)9-8-13(21-22)15(24)20-10-4-6-11-5-2-3-7-12(11)16(17,18)19/h2-3,5,7-9H,10H2,1H3,(H,20,24). The highest BCUT2D eigenvalue weighted by Gasteiger charge is 2.32. The molecule has 8 heteroatoms. The second-order valence-corrected chi connectivity index (χ2v) is 4.71. The number of rotatable bonds is 2. The van der Waals surface area contributed by atoms with Crippen LogP contribution in [0.4, 0.5) is 13.2 Å². The van der Waals surface area contributed by atoms with Gasteiger partial charge in [0.1, 0.15) is 5.69 Å². The Morgan fingerprint density at radius 3 is 2.62 bits per heavy atom. The van der Waals surface area contributed by atoms with E-state index >= 15 is 0 Å². The molecule has 24 heavy (non-hydrogen) atoms. The fourth-order valence-corrected chi connectivity index (χ4v) is 1.82. The molecular formula is C16H12F3N3O2. The fourth-order valence-electron chi connectivity index (χ4n) is 1.82. The number of halogens is 3. The monoisotopic (exact) mass is 335 g/mol. The summed E-state index contributed by atoms with van der Waals surface area (Å²) in [5.41, 5.74) is -1.35. The van der Waals surface area contributed by atoms with E-state index in [0.29, 0.717) is 0 Å². The van der Waals surface area contributed by atoms with E-state index in [0.717, 1.165) is 10.7 Å². The molecule has 1 aromatic carbocycles. The van der Waals surface area contributed by atoms with Crippen molar-refractivity contribution >= 4 is 5.91 Å². The Morgan fingerprint density at radius 1 is 1.25 bits per heavy atom. The van der Waals surface area contributed by atoms with Crippen LogP contribution in [-0.2, 0) is 13.2 Å². The first kappa shape index (κ1) is 17.3. The maximum absolute atomic E-state index is 12.8. The smallest absolute Gasteiger partial charge is 0.340 e. The molecule has 1 N–H and O–H groups in total. The lowest BCUT2D eigenvalue weighted by molar-refractivity contribution is -0.137. The van der Waals surface area contributed by atoms with Gasteiger partial charge in [-0.15, -0.1) is 0 Å². The molecule has 0 radical (unpaired) electrons. The van der Waals surface area contributed by atoms with Gasteiger partial charge >= 0.3 is 6.18 Å². The van der Waals surface area contributed by atoms with E-state index in [4.69, 9.17) is 0 Å². The number of amides is 1. The highest BCUT2D eigenvalue weighted by Crippen LogP contribution is 2.31. The summed E-state index contributed by atoms with van der Waals surface area (Å²) in [6.45, 7) is -0.157. The highest BCUT2D eigenvalue weighted by atomic mass is 19.4. The number of hydrogen-bond acceptors (Lipinski definition) is 3. The molecule has 1 amide bonds. The third kappa shape index (κ3) is 4.23. The summed E-state index contributed by atoms with van der Waals surface area (Å²) in [6, 6.07) is 7.37. The van der Waals surface area contributed by atoms with Gasteiger partial charge in [-0.2, -0.15) is 18.3 Å². The van der Waals surface area contributed by atoms with E-state index in [1.54, 1.807) is 0 Å². The molecular weight excluding hydrogens is 323 g/mol. The zero-order valence-electron chi connectivity index (χ0n) is 12.5. The Hall–Kier alpha value is -3.08. The largest absolute Gasteiger partial charge is 0.417 e. The van der Waals surface area contributed by atoms with E-state index in [1.807, 2.05) is 0 Å². The van der Waals surface area contributed by atoms with Crippen LogP contribution in [0.25, 0.3) is 0 Å². The van der Waals surface area contributed by atoms with Gasteiger partial charge in [0, 0.05) is 18.7 Å². The SMILES string of the molecule is Cn1nc(C(=O)NCC#Cc2ccccc2C(F)(F)F)ccc1=O. The molecule has 0 saturated heterocycles. The second-order valence-electron chi connectivity index (χ2n) is 4.71. The van der Waals surface area contributed by atoms with E-state index in [1.165, 1.54) is 37.4 Å². The Bertz CT molecular complexity index is 876. The fraction of sp³-hybridized carbons (Fsp3) is 0.188. The molecule has 124 valence electrons. The summed E-state index contributed by atoms with van der Waals surface area (Å²) in [7, 11) is 1.40. The molecule has 0 bridgehead atoms. The quantitative estimate of drug-likeness (QED) is 0.848. The zero-order valence-corrected chi connectivity index (χ0v) is 12.5. The first-order valence-corrected chi connectivity index (χ1v) is 6.76. The molecule has 0 aliphatic carbocycles. The van der Waals surface area contributed by atoms with Crippen molar-refractivity contribution in [2.45, 2.75) is 6.18 Å². The number of benzene rings is 1. The summed E-state index contributed by atoms with van der Waals surface area (Å²) in [6.07, 6.45) is -4.49. The summed E-state index contributed by atoms with van der Waals surface area (Å²) in [5, 5.41) is 6.15. The van der Waals surface area contributed by atoms with Gasteiger partial charge in [0.25, 0.3) is 11.5 Å². The number of carbonyl (C=O) groups excluding carboxylic acids is 1. The van der Waals surface area contributed by atoms with Crippen LogP contribution in [0.2, 0.25) is 0 Å². The van der Waals surface area contributed by atoms with Crippen LogP contribution in [0, 0.1) is 11.8 Å². The average Bonchev–Trinajstić information content (AvgIpc) is 2.53. The molecule has 0 aliphatic rings. The van der Waals surface area contributed by atoms with Crippen LogP contribution in [0.1, 0.15) is 21.6 Å². The maximum Gasteiger partial charge on any atom is 0.417 e. The lowest BCUT2D eigenvalue weighted by Gasteiger charge is -2.08. The zero-order chi connectivity index (χ0) is 17.7. The predicted octanol–water partition coefficient (Wildman–Crippen LogP) is 1.58. The molecule has 0 saturated carbocycles. The van der Waals surface area contributed by atoms with Crippen molar-refractivity contribution in [2.75, 3.05) is 6.54 Å². The number of aromatic nitrogens is 2. The van der Waals surface area contributed by atoms with Crippen molar-refractivity contribution in [3.8, 4) is 11.8 Å². The van der Waals surface area contributed by atoms with Crippen LogP contribution in [0.15, 0.2) is 41.2 Å². The van der Waals surface area contributed by atoms with E-state index in [9.17, 15) is 22.8 Å². The highest BCUT2D eigenvalue weighted by molar-refractivity contribution is 5.92. The summed E-state index contributed by atoms with van der Waals surface area (Å²) < 4.78 is 39.4. The van der Waals surface area contributed by atoms with Crippen molar-refractivity contribution in [3.05, 3.63) is 63.6 Å². The van der Waals surface area contributed by atoms with Crippen LogP contribution in [0.3, 0.4) is 0 Å². The Morgan fingerprint density at radius 2 is 1.96 bits per heavy atom. The van der Waals surface area contributed by atoms with Gasteiger partial charge in [0.05, 0.1) is 12.1 Å². The minimum Gasteiger partial charge on any atom is -0.340 e. The molecule has 0 atom stereocenters. The van der Waals surface area contributed by atoms with Crippen molar-refractivity contribution in [2.24, 2.45) is 7.05 Å². The molecule has 5 nitrogen and oxygen atoms in total. The molecule has 0 aliphatic heterocycles. The maximum atomic E-state index is 12.8. The normalized spacial score (nSPS) is 10.7. The molecule has 2 rings (SSSR count). The molecule has 2 aromatic rings. The van der Waals surface area contributed by atoms with Crippen LogP contribution < -0.4 is 10.9 Å². The first-order valence-electron chi connectivity index (χ1n) is 6.76. The van der Waals surface area contributed by atoms with Crippen molar-refractivity contribution < 1.29 is 18.0 Å². The predicted molar refractivity (Wildman–Crippen MR) is 80.1 cm³/mol. The molecule has 1 heterocycles. The van der Waals surface area contributed by atoms with Gasteiger partial charge in [-0.05, 0) is 18.2 Å². The lowest BCUT2D eigenvalue weighted by atomic mass is 10.1. The Balaban J connectivity index is 2.06. The summed E-state index contributed by atoms with van der Waals surface area (Å²) >= 11 is 0. The Kier molecular flexibility index (Phi) is 5.04. The first-order chi connectivity index (χ1) is 11.3. The van der Waals surface area contributed by atoms with Gasteiger partial charge in [-0.1, -0.05) is 24.0 Å². The topological polar surface area (TPSA) is 64.0 Å². The van der Waals surface area contributed by atoms with E-state index in [-0.39, 0.29) is 23.4 Å². The number of carbonyl (C=O) groups is 1. The second kappa shape index (κ2) is 7.00. The van der Waals surface area contributed by atoms with Gasteiger partial charge in [-0.3, -0.25) is 9.59 Å². The summed E-state index contributed by atoms with van der Waals surface area (Å²) in [5.74, 6) is 4.27. The number of nitrogens with zero attached hydrogens (tertiary/aromatic N) is 2. The third-order valence-electron chi connectivity index (χ3n) is 2.99. The van der Waals surface area contributed by atoms with Gasteiger partial charge in [0.15, 0.2) is 0 Å². The number of hydrogen-bond donors (Lipinski definition) is 1. The van der Waals surface area contributed by atoms with Gasteiger partial charge in [0.2, 0.25) is 0 Å². The number of alkyl halides is 3. The molecule has 0 unspecified atom stereocenters. The van der Waals surface area contributed by atoms with Crippen LogP contribution >= 0.6 is 0 Å². The minimum absolute atomic E-state index is 0.00888. The van der Waals surface area contributed by atoms with Crippen molar-refractivity contribution in [1.29, 1.82) is 0 Å². The van der Waals surface area contributed by atoms with E-state index in [2.05, 4.69) is 22.3 Å². The van der Waals surface area contributed by atoms with E-state index < -0.39 is 17.6 Å². The van der Waals surface area contributed by atoms with Crippen molar-refractivity contribution in [1.82, 2.24) is 15.1 Å². The van der Waals surface area contributed by atoms with Crippen LogP contribution in [-0.4, -0.2) is 22.2 Å².